The van der Waals surface area contributed by atoms with Gasteiger partial charge in [0.05, 0.1) is 11.0 Å². The number of hydrogen-bond donors (Lipinski definition) is 2. The maximum atomic E-state index is 11.7. The smallest absolute Gasteiger partial charge is 0.239 e. The van der Waals surface area contributed by atoms with Crippen molar-refractivity contribution in [3.05, 3.63) is 10.7 Å². The van der Waals surface area contributed by atoms with E-state index < -0.39 is 0 Å². The van der Waals surface area contributed by atoms with E-state index in [4.69, 9.17) is 0 Å². The lowest BCUT2D eigenvalue weighted by atomic mass is 10.4. The minimum atomic E-state index is 0.0246. The molecule has 0 radical (unpaired) electrons. The highest BCUT2D eigenvalue weighted by atomic mass is 79.9. The van der Waals surface area contributed by atoms with Crippen LogP contribution in [-0.4, -0.2) is 42.6 Å². The van der Waals surface area contributed by atoms with Gasteiger partial charge in [0.15, 0.2) is 0 Å². The molecule has 0 atom stereocenters. The Morgan fingerprint density at radius 3 is 2.94 bits per heavy atom. The molecule has 1 amide bonds. The molecule has 2 N–H and O–H groups in total. The summed E-state index contributed by atoms with van der Waals surface area (Å²) >= 11 is 3.39. The zero-order valence-corrected chi connectivity index (χ0v) is 12.0. The standard InChI is InChI=1S/C11H16BrN5O/c1-13-11-14-5-8(12)10(16-11)17(2)6-9(18)15-7-3-4-7/h5,7H,3-4,6H2,1-2H3,(H,15,18)(H,13,14,16). The van der Waals surface area contributed by atoms with Crippen molar-refractivity contribution in [1.29, 1.82) is 0 Å². The van der Waals surface area contributed by atoms with Crippen LogP contribution in [0.3, 0.4) is 0 Å². The van der Waals surface area contributed by atoms with Crippen molar-refractivity contribution < 1.29 is 4.79 Å². The Morgan fingerprint density at radius 2 is 2.33 bits per heavy atom. The molecule has 1 aromatic heterocycles. The Kier molecular flexibility index (Phi) is 4.00. The number of nitrogens with one attached hydrogen (secondary N) is 2. The fourth-order valence-electron chi connectivity index (χ4n) is 1.54. The average Bonchev–Trinajstić information content (AvgIpc) is 3.13. The van der Waals surface area contributed by atoms with Gasteiger partial charge in [-0.1, -0.05) is 0 Å². The van der Waals surface area contributed by atoms with Gasteiger partial charge in [-0.3, -0.25) is 4.79 Å². The summed E-state index contributed by atoms with van der Waals surface area (Å²) < 4.78 is 0.767. The topological polar surface area (TPSA) is 70.2 Å². The van der Waals surface area contributed by atoms with Gasteiger partial charge in [0.2, 0.25) is 11.9 Å². The van der Waals surface area contributed by atoms with E-state index in [1.165, 1.54) is 0 Å². The van der Waals surface area contributed by atoms with Crippen molar-refractivity contribution in [2.24, 2.45) is 0 Å². The van der Waals surface area contributed by atoms with Gasteiger partial charge in [-0.25, -0.2) is 4.98 Å². The van der Waals surface area contributed by atoms with Crippen LogP contribution < -0.4 is 15.5 Å². The Morgan fingerprint density at radius 1 is 1.61 bits per heavy atom. The van der Waals surface area contributed by atoms with Gasteiger partial charge in [-0.05, 0) is 28.8 Å². The second-order valence-electron chi connectivity index (χ2n) is 4.31. The van der Waals surface area contributed by atoms with Crippen molar-refractivity contribution in [1.82, 2.24) is 15.3 Å². The molecule has 0 aromatic carbocycles. The van der Waals surface area contributed by atoms with E-state index in [-0.39, 0.29) is 12.5 Å². The first kappa shape index (κ1) is 13.1. The fourth-order valence-corrected chi connectivity index (χ4v) is 2.03. The Bertz CT molecular complexity index is 449. The Hall–Kier alpha value is -1.37. The molecular weight excluding hydrogens is 298 g/mol. The molecule has 0 unspecified atom stereocenters. The van der Waals surface area contributed by atoms with Crippen molar-refractivity contribution in [3.8, 4) is 0 Å². The zero-order valence-electron chi connectivity index (χ0n) is 10.4. The van der Waals surface area contributed by atoms with Crippen LogP contribution in [0.25, 0.3) is 0 Å². The molecule has 1 fully saturated rings. The maximum absolute atomic E-state index is 11.7. The van der Waals surface area contributed by atoms with Crippen molar-refractivity contribution in [3.63, 3.8) is 0 Å². The summed E-state index contributed by atoms with van der Waals surface area (Å²) in [6.45, 7) is 0.287. The quantitative estimate of drug-likeness (QED) is 0.848. The number of halogens is 1. The molecule has 7 heteroatoms. The number of amides is 1. The summed E-state index contributed by atoms with van der Waals surface area (Å²) in [6.07, 6.45) is 3.86. The molecular formula is C11H16BrN5O. The van der Waals surface area contributed by atoms with Gasteiger partial charge in [0, 0.05) is 26.3 Å². The third-order valence-corrected chi connectivity index (χ3v) is 3.19. The van der Waals surface area contributed by atoms with Crippen LogP contribution in [0, 0.1) is 0 Å². The molecule has 0 spiro atoms. The molecule has 98 valence electrons. The fraction of sp³-hybridized carbons (Fsp3) is 0.545. The minimum absolute atomic E-state index is 0.0246. The van der Waals surface area contributed by atoms with Gasteiger partial charge in [-0.15, -0.1) is 0 Å². The molecule has 0 aliphatic heterocycles. The molecule has 18 heavy (non-hydrogen) atoms. The highest BCUT2D eigenvalue weighted by Crippen LogP contribution is 2.23. The Balaban J connectivity index is 2.02. The van der Waals surface area contributed by atoms with Crippen molar-refractivity contribution in [2.45, 2.75) is 18.9 Å². The highest BCUT2D eigenvalue weighted by molar-refractivity contribution is 9.10. The average molecular weight is 314 g/mol. The molecule has 1 aliphatic carbocycles. The number of aromatic nitrogens is 2. The lowest BCUT2D eigenvalue weighted by Crippen LogP contribution is -2.36. The van der Waals surface area contributed by atoms with Gasteiger partial charge >= 0.3 is 0 Å². The van der Waals surface area contributed by atoms with E-state index in [1.807, 2.05) is 7.05 Å². The third kappa shape index (κ3) is 3.32. The number of carbonyl (C=O) groups excluding carboxylic acids is 1. The predicted molar refractivity (Wildman–Crippen MR) is 73.7 cm³/mol. The first-order chi connectivity index (χ1) is 8.60. The SMILES string of the molecule is CNc1ncc(Br)c(N(C)CC(=O)NC2CC2)n1. The molecule has 2 rings (SSSR count). The van der Waals surface area contributed by atoms with E-state index >= 15 is 0 Å². The van der Waals surface area contributed by atoms with Crippen molar-refractivity contribution >= 4 is 33.6 Å². The van der Waals surface area contributed by atoms with Crippen LogP contribution in [0.15, 0.2) is 10.7 Å². The van der Waals surface area contributed by atoms with Gasteiger partial charge < -0.3 is 15.5 Å². The van der Waals surface area contributed by atoms with E-state index in [1.54, 1.807) is 18.1 Å². The summed E-state index contributed by atoms with van der Waals surface area (Å²) in [5, 5.41) is 5.82. The predicted octanol–water partition coefficient (Wildman–Crippen LogP) is 0.996. The maximum Gasteiger partial charge on any atom is 0.239 e. The molecule has 0 saturated heterocycles. The van der Waals surface area contributed by atoms with Crippen LogP contribution in [0.5, 0.6) is 0 Å². The summed E-state index contributed by atoms with van der Waals surface area (Å²) in [4.78, 5) is 21.9. The second kappa shape index (κ2) is 5.51. The van der Waals surface area contributed by atoms with Gasteiger partial charge in [0.25, 0.3) is 0 Å². The monoisotopic (exact) mass is 313 g/mol. The highest BCUT2D eigenvalue weighted by Gasteiger charge is 2.24. The molecule has 1 aliphatic rings. The summed E-state index contributed by atoms with van der Waals surface area (Å²) in [6, 6.07) is 0.382. The minimum Gasteiger partial charge on any atom is -0.357 e. The normalized spacial score (nSPS) is 14.2. The van der Waals surface area contributed by atoms with Crippen LogP contribution in [0.1, 0.15) is 12.8 Å². The number of rotatable bonds is 5. The molecule has 1 saturated carbocycles. The zero-order chi connectivity index (χ0) is 13.1. The lowest BCUT2D eigenvalue weighted by molar-refractivity contribution is -0.119. The van der Waals surface area contributed by atoms with E-state index in [0.29, 0.717) is 17.8 Å². The van der Waals surface area contributed by atoms with E-state index in [2.05, 4.69) is 36.5 Å². The second-order valence-corrected chi connectivity index (χ2v) is 5.17. The van der Waals surface area contributed by atoms with Crippen LogP contribution >= 0.6 is 15.9 Å². The van der Waals surface area contributed by atoms with Crippen LogP contribution in [0.2, 0.25) is 0 Å². The molecule has 1 heterocycles. The number of hydrogen-bond acceptors (Lipinski definition) is 5. The lowest BCUT2D eigenvalue weighted by Gasteiger charge is -2.19. The first-order valence-electron chi connectivity index (χ1n) is 5.81. The molecule has 1 aromatic rings. The summed E-state index contributed by atoms with van der Waals surface area (Å²) in [5.74, 6) is 1.25. The summed E-state index contributed by atoms with van der Waals surface area (Å²) in [7, 11) is 3.59. The van der Waals surface area contributed by atoms with Gasteiger partial charge in [0.1, 0.15) is 5.82 Å². The Labute approximate surface area is 114 Å². The van der Waals surface area contributed by atoms with E-state index in [9.17, 15) is 4.79 Å². The third-order valence-electron chi connectivity index (χ3n) is 2.63. The van der Waals surface area contributed by atoms with Gasteiger partial charge in [-0.2, -0.15) is 4.98 Å². The molecule has 0 bridgehead atoms. The number of nitrogens with zero attached hydrogens (tertiary/aromatic N) is 3. The van der Waals surface area contributed by atoms with E-state index in [0.717, 1.165) is 17.3 Å². The van der Waals surface area contributed by atoms with Crippen LogP contribution in [-0.2, 0) is 4.79 Å². The van der Waals surface area contributed by atoms with Crippen LogP contribution in [0.4, 0.5) is 11.8 Å². The molecule has 6 nitrogen and oxygen atoms in total. The number of anilines is 2. The van der Waals surface area contributed by atoms with Crippen molar-refractivity contribution in [2.75, 3.05) is 30.9 Å². The number of likely N-dealkylation sites (N-methyl/N-ethyl adjacent to an activating group) is 1. The summed E-state index contributed by atoms with van der Waals surface area (Å²) in [5.41, 5.74) is 0. The largest absolute Gasteiger partial charge is 0.357 e. The first-order valence-corrected chi connectivity index (χ1v) is 6.60. The number of carbonyl (C=O) groups is 1.